The van der Waals surface area contributed by atoms with Crippen molar-refractivity contribution < 1.29 is 4.39 Å². The lowest BCUT2D eigenvalue weighted by atomic mass is 10.1. The van der Waals surface area contributed by atoms with E-state index in [1.54, 1.807) is 13.0 Å². The van der Waals surface area contributed by atoms with E-state index < -0.39 is 0 Å². The molecule has 0 saturated carbocycles. The SMILES string of the molecule is Cc1cc(Cl)c(CNCCN2CCNCC2)cc1F. The Morgan fingerprint density at radius 3 is 2.84 bits per heavy atom. The third-order valence-corrected chi connectivity index (χ3v) is 3.81. The molecule has 0 radical (unpaired) electrons. The highest BCUT2D eigenvalue weighted by Crippen LogP contribution is 2.20. The lowest BCUT2D eigenvalue weighted by Crippen LogP contribution is -2.45. The third-order valence-electron chi connectivity index (χ3n) is 3.46. The largest absolute Gasteiger partial charge is 0.314 e. The summed E-state index contributed by atoms with van der Waals surface area (Å²) in [7, 11) is 0. The third kappa shape index (κ3) is 4.42. The van der Waals surface area contributed by atoms with Crippen molar-refractivity contribution in [3.05, 3.63) is 34.1 Å². The summed E-state index contributed by atoms with van der Waals surface area (Å²) in [6.45, 7) is 8.58. The molecule has 0 bridgehead atoms. The van der Waals surface area contributed by atoms with E-state index in [1.165, 1.54) is 6.07 Å². The van der Waals surface area contributed by atoms with Gasteiger partial charge in [-0.2, -0.15) is 0 Å². The Morgan fingerprint density at radius 1 is 1.37 bits per heavy atom. The molecule has 5 heteroatoms. The molecule has 2 rings (SSSR count). The van der Waals surface area contributed by atoms with Crippen LogP contribution in [0.1, 0.15) is 11.1 Å². The molecule has 1 aromatic carbocycles. The lowest BCUT2D eigenvalue weighted by Gasteiger charge is -2.27. The summed E-state index contributed by atoms with van der Waals surface area (Å²) >= 11 is 6.10. The molecular weight excluding hydrogens is 265 g/mol. The topological polar surface area (TPSA) is 27.3 Å². The van der Waals surface area contributed by atoms with Crippen molar-refractivity contribution in [2.75, 3.05) is 39.3 Å². The maximum atomic E-state index is 13.5. The molecular formula is C14H21ClFN3. The summed E-state index contributed by atoms with van der Waals surface area (Å²) in [4.78, 5) is 2.42. The first-order valence-electron chi connectivity index (χ1n) is 6.75. The van der Waals surface area contributed by atoms with Gasteiger partial charge in [-0.15, -0.1) is 0 Å². The molecule has 3 nitrogen and oxygen atoms in total. The van der Waals surface area contributed by atoms with Crippen molar-refractivity contribution in [3.8, 4) is 0 Å². The van der Waals surface area contributed by atoms with Gasteiger partial charge < -0.3 is 10.6 Å². The van der Waals surface area contributed by atoms with Crippen molar-refractivity contribution in [1.29, 1.82) is 0 Å². The Labute approximate surface area is 119 Å². The van der Waals surface area contributed by atoms with E-state index in [2.05, 4.69) is 15.5 Å². The minimum Gasteiger partial charge on any atom is -0.314 e. The molecule has 0 atom stereocenters. The van der Waals surface area contributed by atoms with Crippen LogP contribution in [0.4, 0.5) is 4.39 Å². The lowest BCUT2D eigenvalue weighted by molar-refractivity contribution is 0.241. The zero-order chi connectivity index (χ0) is 13.7. The molecule has 1 fully saturated rings. The van der Waals surface area contributed by atoms with Crippen LogP contribution in [0.5, 0.6) is 0 Å². The van der Waals surface area contributed by atoms with Gasteiger partial charge in [-0.25, -0.2) is 4.39 Å². The zero-order valence-corrected chi connectivity index (χ0v) is 12.1. The minimum absolute atomic E-state index is 0.191. The van der Waals surface area contributed by atoms with E-state index in [0.29, 0.717) is 17.1 Å². The van der Waals surface area contributed by atoms with Crippen molar-refractivity contribution in [1.82, 2.24) is 15.5 Å². The highest BCUT2D eigenvalue weighted by Gasteiger charge is 2.09. The monoisotopic (exact) mass is 285 g/mol. The first-order chi connectivity index (χ1) is 9.16. The van der Waals surface area contributed by atoms with E-state index in [-0.39, 0.29) is 5.82 Å². The predicted octanol–water partition coefficient (Wildman–Crippen LogP) is 1.78. The van der Waals surface area contributed by atoms with E-state index in [1.807, 2.05) is 0 Å². The van der Waals surface area contributed by atoms with Gasteiger partial charge in [0.15, 0.2) is 0 Å². The average molecular weight is 286 g/mol. The number of piperazine rings is 1. The Bertz CT molecular complexity index is 419. The van der Waals surface area contributed by atoms with Crippen LogP contribution in [0.25, 0.3) is 0 Å². The summed E-state index contributed by atoms with van der Waals surface area (Å²) < 4.78 is 13.5. The number of hydrogen-bond donors (Lipinski definition) is 2. The molecule has 0 spiro atoms. The Kier molecular flexibility index (Phi) is 5.58. The first-order valence-corrected chi connectivity index (χ1v) is 7.13. The molecule has 1 heterocycles. The fourth-order valence-corrected chi connectivity index (χ4v) is 2.50. The molecule has 19 heavy (non-hydrogen) atoms. The van der Waals surface area contributed by atoms with Crippen LogP contribution in [0, 0.1) is 12.7 Å². The van der Waals surface area contributed by atoms with Gasteiger partial charge in [0.25, 0.3) is 0 Å². The summed E-state index contributed by atoms with van der Waals surface area (Å²) in [6.07, 6.45) is 0. The maximum absolute atomic E-state index is 13.5. The fraction of sp³-hybridized carbons (Fsp3) is 0.571. The van der Waals surface area contributed by atoms with Crippen LogP contribution in [-0.2, 0) is 6.54 Å². The Hall–Kier alpha value is -0.680. The van der Waals surface area contributed by atoms with Crippen molar-refractivity contribution in [2.45, 2.75) is 13.5 Å². The molecule has 0 unspecified atom stereocenters. The molecule has 2 N–H and O–H groups in total. The second-order valence-electron chi connectivity index (χ2n) is 4.96. The van der Waals surface area contributed by atoms with E-state index in [4.69, 9.17) is 11.6 Å². The van der Waals surface area contributed by atoms with Crippen LogP contribution >= 0.6 is 11.6 Å². The van der Waals surface area contributed by atoms with Crippen molar-refractivity contribution in [3.63, 3.8) is 0 Å². The van der Waals surface area contributed by atoms with Crippen LogP contribution in [0.15, 0.2) is 12.1 Å². The van der Waals surface area contributed by atoms with Crippen LogP contribution in [-0.4, -0.2) is 44.2 Å². The van der Waals surface area contributed by atoms with Gasteiger partial charge in [0.05, 0.1) is 0 Å². The summed E-state index contributed by atoms with van der Waals surface area (Å²) in [5, 5.41) is 7.28. The second kappa shape index (κ2) is 7.20. The quantitative estimate of drug-likeness (QED) is 0.808. The van der Waals surface area contributed by atoms with Gasteiger partial charge in [-0.05, 0) is 30.2 Å². The number of hydrogen-bond acceptors (Lipinski definition) is 3. The highest BCUT2D eigenvalue weighted by molar-refractivity contribution is 6.31. The van der Waals surface area contributed by atoms with E-state index in [9.17, 15) is 4.39 Å². The van der Waals surface area contributed by atoms with Gasteiger partial charge in [0.1, 0.15) is 5.82 Å². The molecule has 1 aliphatic heterocycles. The van der Waals surface area contributed by atoms with E-state index in [0.717, 1.165) is 44.8 Å². The highest BCUT2D eigenvalue weighted by atomic mass is 35.5. The van der Waals surface area contributed by atoms with Crippen LogP contribution in [0.2, 0.25) is 5.02 Å². The Morgan fingerprint density at radius 2 is 2.11 bits per heavy atom. The summed E-state index contributed by atoms with van der Waals surface area (Å²) in [5.74, 6) is -0.191. The number of benzene rings is 1. The number of nitrogens with zero attached hydrogens (tertiary/aromatic N) is 1. The molecule has 1 aromatic rings. The predicted molar refractivity (Wildman–Crippen MR) is 77.2 cm³/mol. The smallest absolute Gasteiger partial charge is 0.126 e. The standard InChI is InChI=1S/C14H21ClFN3/c1-11-8-13(15)12(9-14(11)16)10-18-4-7-19-5-2-17-3-6-19/h8-9,17-18H,2-7,10H2,1H3. The number of rotatable bonds is 5. The summed E-state index contributed by atoms with van der Waals surface area (Å²) in [6, 6.07) is 3.21. The molecule has 0 aromatic heterocycles. The Balaban J connectivity index is 1.74. The zero-order valence-electron chi connectivity index (χ0n) is 11.3. The average Bonchev–Trinajstić information content (AvgIpc) is 2.41. The number of halogens is 2. The van der Waals surface area contributed by atoms with Gasteiger partial charge in [-0.1, -0.05) is 11.6 Å². The van der Waals surface area contributed by atoms with E-state index >= 15 is 0 Å². The second-order valence-corrected chi connectivity index (χ2v) is 5.37. The first kappa shape index (κ1) is 14.7. The van der Waals surface area contributed by atoms with Crippen molar-refractivity contribution in [2.24, 2.45) is 0 Å². The van der Waals surface area contributed by atoms with Gasteiger partial charge in [0, 0.05) is 50.8 Å². The van der Waals surface area contributed by atoms with Gasteiger partial charge >= 0.3 is 0 Å². The molecule has 106 valence electrons. The number of aryl methyl sites for hydroxylation is 1. The molecule has 1 aliphatic rings. The normalized spacial score (nSPS) is 16.8. The maximum Gasteiger partial charge on any atom is 0.126 e. The fourth-order valence-electron chi connectivity index (χ4n) is 2.22. The van der Waals surface area contributed by atoms with Gasteiger partial charge in [-0.3, -0.25) is 4.90 Å². The number of nitrogens with one attached hydrogen (secondary N) is 2. The van der Waals surface area contributed by atoms with Crippen molar-refractivity contribution >= 4 is 11.6 Å². The molecule has 0 amide bonds. The summed E-state index contributed by atoms with van der Waals surface area (Å²) in [5.41, 5.74) is 1.42. The van der Waals surface area contributed by atoms with Crippen LogP contribution < -0.4 is 10.6 Å². The molecule has 0 aliphatic carbocycles. The van der Waals surface area contributed by atoms with Crippen LogP contribution in [0.3, 0.4) is 0 Å². The molecule has 1 saturated heterocycles. The minimum atomic E-state index is -0.191. The van der Waals surface area contributed by atoms with Gasteiger partial charge in [0.2, 0.25) is 0 Å².